The summed E-state index contributed by atoms with van der Waals surface area (Å²) < 4.78 is 5.62. The van der Waals surface area contributed by atoms with Crippen LogP contribution in [-0.2, 0) is 9.53 Å². The molecule has 0 aromatic carbocycles. The molecule has 1 saturated carbocycles. The zero-order valence-corrected chi connectivity index (χ0v) is 14.7. The van der Waals surface area contributed by atoms with Crippen molar-refractivity contribution < 1.29 is 14.6 Å². The molecule has 24 heavy (non-hydrogen) atoms. The van der Waals surface area contributed by atoms with E-state index in [4.69, 9.17) is 4.74 Å². The third-order valence-electron chi connectivity index (χ3n) is 5.81. The van der Waals surface area contributed by atoms with Gasteiger partial charge in [0.15, 0.2) is 0 Å². The molecule has 3 aliphatic rings. The highest BCUT2D eigenvalue weighted by molar-refractivity contribution is 5.78. The maximum absolute atomic E-state index is 12.3. The Bertz CT molecular complexity index is 452. The summed E-state index contributed by atoms with van der Waals surface area (Å²) in [4.78, 5) is 14.5. The summed E-state index contributed by atoms with van der Waals surface area (Å²) in [6, 6.07) is 0.183. The quantitative estimate of drug-likeness (QED) is 0.727. The summed E-state index contributed by atoms with van der Waals surface area (Å²) in [5.74, 6) is 0.358. The summed E-state index contributed by atoms with van der Waals surface area (Å²) in [7, 11) is 0. The van der Waals surface area contributed by atoms with Crippen molar-refractivity contribution in [3.05, 3.63) is 11.6 Å². The van der Waals surface area contributed by atoms with Crippen LogP contribution < -0.4 is 5.32 Å². The number of carbonyl (C=O) groups is 1. The van der Waals surface area contributed by atoms with E-state index >= 15 is 0 Å². The Balaban J connectivity index is 1.44. The van der Waals surface area contributed by atoms with Crippen LogP contribution in [0.2, 0.25) is 0 Å². The molecule has 0 aromatic heterocycles. The molecule has 0 spiro atoms. The van der Waals surface area contributed by atoms with E-state index < -0.39 is 0 Å². The van der Waals surface area contributed by atoms with Gasteiger partial charge in [-0.1, -0.05) is 18.1 Å². The number of amides is 1. The van der Waals surface area contributed by atoms with Gasteiger partial charge in [-0.15, -0.1) is 0 Å². The van der Waals surface area contributed by atoms with Crippen LogP contribution in [0.1, 0.15) is 51.4 Å². The van der Waals surface area contributed by atoms with Gasteiger partial charge < -0.3 is 15.2 Å². The predicted molar refractivity (Wildman–Crippen MR) is 93.7 cm³/mol. The van der Waals surface area contributed by atoms with Crippen LogP contribution >= 0.6 is 0 Å². The second-order valence-electron chi connectivity index (χ2n) is 7.48. The first-order valence-electron chi connectivity index (χ1n) is 9.68. The molecular formula is C19H32N2O3. The number of morpholine rings is 1. The van der Waals surface area contributed by atoms with E-state index in [0.29, 0.717) is 19.8 Å². The molecule has 5 heteroatoms. The van der Waals surface area contributed by atoms with Crippen molar-refractivity contribution in [3.63, 3.8) is 0 Å². The van der Waals surface area contributed by atoms with Gasteiger partial charge in [0.05, 0.1) is 25.9 Å². The number of nitrogens with zero attached hydrogens (tertiary/aromatic N) is 1. The molecule has 3 rings (SSSR count). The van der Waals surface area contributed by atoms with Gasteiger partial charge in [-0.05, 0) is 44.9 Å². The molecule has 2 aliphatic carbocycles. The smallest absolute Gasteiger partial charge is 0.234 e. The van der Waals surface area contributed by atoms with E-state index in [2.05, 4.69) is 16.3 Å². The zero-order chi connectivity index (χ0) is 16.8. The van der Waals surface area contributed by atoms with Crippen LogP contribution in [0.5, 0.6) is 0 Å². The molecule has 0 unspecified atom stereocenters. The lowest BCUT2D eigenvalue weighted by Crippen LogP contribution is -2.54. The van der Waals surface area contributed by atoms with E-state index in [9.17, 15) is 9.90 Å². The number of ether oxygens (including phenoxy) is 1. The van der Waals surface area contributed by atoms with Gasteiger partial charge in [0.1, 0.15) is 0 Å². The molecule has 1 heterocycles. The number of carbonyl (C=O) groups excluding carboxylic acids is 1. The van der Waals surface area contributed by atoms with Gasteiger partial charge in [-0.25, -0.2) is 0 Å². The first-order valence-corrected chi connectivity index (χ1v) is 9.68. The highest BCUT2D eigenvalue weighted by Crippen LogP contribution is 2.32. The lowest BCUT2D eigenvalue weighted by atomic mass is 9.94. The summed E-state index contributed by atoms with van der Waals surface area (Å²) in [5.41, 5.74) is 1.50. The Labute approximate surface area is 145 Å². The molecule has 0 bridgehead atoms. The number of hydrogen-bond acceptors (Lipinski definition) is 4. The van der Waals surface area contributed by atoms with Crippen molar-refractivity contribution in [3.8, 4) is 0 Å². The van der Waals surface area contributed by atoms with Crippen molar-refractivity contribution >= 4 is 5.91 Å². The second-order valence-corrected chi connectivity index (χ2v) is 7.48. The molecule has 136 valence electrons. The lowest BCUT2D eigenvalue weighted by molar-refractivity contribution is -0.126. The van der Waals surface area contributed by atoms with Crippen molar-refractivity contribution in [1.82, 2.24) is 10.2 Å². The van der Waals surface area contributed by atoms with Gasteiger partial charge in [0, 0.05) is 25.0 Å². The maximum Gasteiger partial charge on any atom is 0.234 e. The molecule has 2 fully saturated rings. The molecule has 0 radical (unpaired) electrons. The minimum absolute atomic E-state index is 0.103. The standard InChI is InChI=1S/C19H32N2O3/c22-18-8-4-7-16(18)17-14-24-12-11-21(17)13-19(23)20-10-9-15-5-2-1-3-6-15/h5,16-18,22H,1-4,6-14H2,(H,20,23)/t16-,17-,18-/m1/s1. The van der Waals surface area contributed by atoms with Crippen LogP contribution in [0.4, 0.5) is 0 Å². The number of allylic oxidation sites excluding steroid dienone is 1. The number of aliphatic hydroxyl groups is 1. The fourth-order valence-corrected chi connectivity index (χ4v) is 4.40. The van der Waals surface area contributed by atoms with Crippen LogP contribution in [0.15, 0.2) is 11.6 Å². The Morgan fingerprint density at radius 2 is 2.25 bits per heavy atom. The SMILES string of the molecule is O=C(CN1CCOC[C@@H]1[C@H]1CCC[C@H]1O)NCCC1=CCCCC1. The zero-order valence-electron chi connectivity index (χ0n) is 14.7. The fraction of sp³-hybridized carbons (Fsp3) is 0.842. The van der Waals surface area contributed by atoms with E-state index in [0.717, 1.165) is 38.8 Å². The Morgan fingerprint density at radius 1 is 1.33 bits per heavy atom. The van der Waals surface area contributed by atoms with E-state index in [-0.39, 0.29) is 24.0 Å². The lowest BCUT2D eigenvalue weighted by Gasteiger charge is -2.39. The topological polar surface area (TPSA) is 61.8 Å². The fourth-order valence-electron chi connectivity index (χ4n) is 4.40. The highest BCUT2D eigenvalue weighted by atomic mass is 16.5. The molecule has 5 nitrogen and oxygen atoms in total. The minimum Gasteiger partial charge on any atom is -0.393 e. The molecule has 1 aliphatic heterocycles. The normalized spacial score (nSPS) is 31.7. The molecule has 0 aromatic rings. The van der Waals surface area contributed by atoms with Crippen molar-refractivity contribution in [2.45, 2.75) is 63.5 Å². The Morgan fingerprint density at radius 3 is 3.00 bits per heavy atom. The number of rotatable bonds is 6. The third kappa shape index (κ3) is 4.80. The van der Waals surface area contributed by atoms with E-state index in [1.54, 1.807) is 0 Å². The largest absolute Gasteiger partial charge is 0.393 e. The maximum atomic E-state index is 12.3. The number of aliphatic hydroxyl groups excluding tert-OH is 1. The average Bonchev–Trinajstić information content (AvgIpc) is 3.02. The van der Waals surface area contributed by atoms with Gasteiger partial charge in [-0.3, -0.25) is 9.69 Å². The molecule has 1 amide bonds. The van der Waals surface area contributed by atoms with Gasteiger partial charge in [0.2, 0.25) is 5.91 Å². The Kier molecular flexibility index (Phi) is 6.69. The van der Waals surface area contributed by atoms with Crippen LogP contribution in [-0.4, -0.2) is 60.9 Å². The van der Waals surface area contributed by atoms with Crippen LogP contribution in [0.25, 0.3) is 0 Å². The summed E-state index contributed by atoms with van der Waals surface area (Å²) in [5, 5.41) is 13.3. The average molecular weight is 336 g/mol. The highest BCUT2D eigenvalue weighted by Gasteiger charge is 2.38. The minimum atomic E-state index is -0.236. The van der Waals surface area contributed by atoms with Gasteiger partial charge >= 0.3 is 0 Å². The molecule has 3 atom stereocenters. The number of hydrogen-bond donors (Lipinski definition) is 2. The summed E-state index contributed by atoms with van der Waals surface area (Å²) >= 11 is 0. The van der Waals surface area contributed by atoms with Crippen molar-refractivity contribution in [2.75, 3.05) is 32.8 Å². The molecule has 1 saturated heterocycles. The van der Waals surface area contributed by atoms with Gasteiger partial charge in [-0.2, -0.15) is 0 Å². The number of nitrogens with one attached hydrogen (secondary N) is 1. The second kappa shape index (κ2) is 8.97. The molecular weight excluding hydrogens is 304 g/mol. The third-order valence-corrected chi connectivity index (χ3v) is 5.81. The van der Waals surface area contributed by atoms with Crippen molar-refractivity contribution in [1.29, 1.82) is 0 Å². The van der Waals surface area contributed by atoms with Gasteiger partial charge in [0.25, 0.3) is 0 Å². The molecule has 2 N–H and O–H groups in total. The van der Waals surface area contributed by atoms with E-state index in [1.807, 2.05) is 0 Å². The van der Waals surface area contributed by atoms with Crippen LogP contribution in [0, 0.1) is 5.92 Å². The summed E-state index contributed by atoms with van der Waals surface area (Å²) in [6.07, 6.45) is 11.1. The first-order chi connectivity index (χ1) is 11.7. The summed E-state index contributed by atoms with van der Waals surface area (Å²) in [6.45, 7) is 3.27. The van der Waals surface area contributed by atoms with Crippen molar-refractivity contribution in [2.24, 2.45) is 5.92 Å². The van der Waals surface area contributed by atoms with Crippen LogP contribution in [0.3, 0.4) is 0 Å². The monoisotopic (exact) mass is 336 g/mol. The van der Waals surface area contributed by atoms with E-state index in [1.165, 1.54) is 31.3 Å². The Hall–Kier alpha value is -0.910. The first kappa shape index (κ1) is 17.9. The predicted octanol–water partition coefficient (Wildman–Crippen LogP) is 1.85.